The average molecular weight is 255 g/mol. The summed E-state index contributed by atoms with van der Waals surface area (Å²) in [6, 6.07) is 14.3. The molecule has 2 aromatic rings. The second kappa shape index (κ2) is 4.18. The van der Waals surface area contributed by atoms with Crippen molar-refractivity contribution in [1.29, 1.82) is 0 Å². The van der Waals surface area contributed by atoms with Gasteiger partial charge in [0, 0.05) is 12.6 Å². The number of fused-ring (bicyclic) bond motifs is 3. The summed E-state index contributed by atoms with van der Waals surface area (Å²) in [7, 11) is 0. The summed E-state index contributed by atoms with van der Waals surface area (Å²) in [5.41, 5.74) is 5.66. The highest BCUT2D eigenvalue weighted by Gasteiger charge is 2.25. The molecule has 1 N–H and O–H groups in total. The zero-order valence-corrected chi connectivity index (χ0v) is 10.9. The van der Waals surface area contributed by atoms with Crippen LogP contribution >= 0.6 is 12.6 Å². The fraction of sp³-hybridized carbons (Fsp3) is 0.133. The van der Waals surface area contributed by atoms with Crippen molar-refractivity contribution < 1.29 is 4.79 Å². The Morgan fingerprint density at radius 2 is 1.83 bits per heavy atom. The molecule has 0 aromatic heterocycles. The molecule has 3 heteroatoms. The van der Waals surface area contributed by atoms with Gasteiger partial charge >= 0.3 is 0 Å². The lowest BCUT2D eigenvalue weighted by Gasteiger charge is -2.08. The topological polar surface area (TPSA) is 29.1 Å². The first kappa shape index (κ1) is 11.4. The summed E-state index contributed by atoms with van der Waals surface area (Å²) < 4.78 is 0. The molecule has 0 heterocycles. The Kier molecular flexibility index (Phi) is 2.63. The number of nitrogens with one attached hydrogen (secondary N) is 1. The van der Waals surface area contributed by atoms with Crippen molar-refractivity contribution in [2.24, 2.45) is 0 Å². The first-order valence-corrected chi connectivity index (χ1v) is 6.37. The number of benzene rings is 2. The van der Waals surface area contributed by atoms with Crippen molar-refractivity contribution in [3.05, 3.63) is 53.6 Å². The van der Waals surface area contributed by atoms with Gasteiger partial charge in [-0.15, -0.1) is 0 Å². The van der Waals surface area contributed by atoms with E-state index in [-0.39, 0.29) is 11.2 Å². The third kappa shape index (κ3) is 1.71. The predicted molar refractivity (Wildman–Crippen MR) is 77.0 cm³/mol. The fourth-order valence-corrected chi connectivity index (χ4v) is 2.90. The van der Waals surface area contributed by atoms with Gasteiger partial charge in [0.2, 0.25) is 5.91 Å². The Morgan fingerprint density at radius 3 is 2.61 bits per heavy atom. The molecule has 0 aliphatic heterocycles. The smallest absolute Gasteiger partial charge is 0.221 e. The lowest BCUT2D eigenvalue weighted by atomic mass is 10.1. The van der Waals surface area contributed by atoms with Crippen LogP contribution in [-0.4, -0.2) is 5.91 Å². The molecule has 1 amide bonds. The molecule has 0 fully saturated rings. The Morgan fingerprint density at radius 1 is 1.11 bits per heavy atom. The van der Waals surface area contributed by atoms with Crippen LogP contribution in [0.1, 0.15) is 23.3 Å². The lowest BCUT2D eigenvalue weighted by Crippen LogP contribution is -2.05. The quantitative estimate of drug-likeness (QED) is 0.748. The monoisotopic (exact) mass is 255 g/mol. The normalized spacial score (nSPS) is 16.0. The van der Waals surface area contributed by atoms with Crippen LogP contribution in [0.3, 0.4) is 0 Å². The second-order valence-corrected chi connectivity index (χ2v) is 4.99. The number of amides is 1. The maximum Gasteiger partial charge on any atom is 0.221 e. The molecular weight excluding hydrogens is 242 g/mol. The Hall–Kier alpha value is -1.74. The minimum absolute atomic E-state index is 0.0545. The fourth-order valence-electron chi connectivity index (χ4n) is 2.46. The van der Waals surface area contributed by atoms with Crippen LogP contribution in [0.15, 0.2) is 42.5 Å². The molecule has 0 bridgehead atoms. The SMILES string of the molecule is CC(=O)Nc1ccc2c(c1)C(S)c1ccccc1-2. The zero-order chi connectivity index (χ0) is 12.7. The maximum absolute atomic E-state index is 11.1. The number of rotatable bonds is 1. The van der Waals surface area contributed by atoms with Crippen LogP contribution in [0.25, 0.3) is 11.1 Å². The van der Waals surface area contributed by atoms with Crippen LogP contribution in [-0.2, 0) is 4.79 Å². The van der Waals surface area contributed by atoms with Crippen LogP contribution in [0.2, 0.25) is 0 Å². The van der Waals surface area contributed by atoms with E-state index in [4.69, 9.17) is 0 Å². The molecule has 1 unspecified atom stereocenters. The largest absolute Gasteiger partial charge is 0.326 e. The van der Waals surface area contributed by atoms with E-state index in [1.54, 1.807) is 0 Å². The lowest BCUT2D eigenvalue weighted by molar-refractivity contribution is -0.114. The van der Waals surface area contributed by atoms with Gasteiger partial charge in [0.15, 0.2) is 0 Å². The molecule has 90 valence electrons. The summed E-state index contributed by atoms with van der Waals surface area (Å²) in [6.45, 7) is 1.51. The van der Waals surface area contributed by atoms with Crippen LogP contribution in [0, 0.1) is 0 Å². The minimum atomic E-state index is -0.0545. The van der Waals surface area contributed by atoms with Crippen molar-refractivity contribution in [2.45, 2.75) is 12.2 Å². The molecule has 18 heavy (non-hydrogen) atoms. The highest BCUT2D eigenvalue weighted by Crippen LogP contribution is 2.47. The Balaban J connectivity index is 2.10. The Labute approximate surface area is 111 Å². The molecule has 0 saturated carbocycles. The highest BCUT2D eigenvalue weighted by molar-refractivity contribution is 7.80. The molecule has 3 rings (SSSR count). The van der Waals surface area contributed by atoms with E-state index in [2.05, 4.69) is 36.1 Å². The molecule has 0 spiro atoms. The molecule has 1 aliphatic rings. The molecule has 2 nitrogen and oxygen atoms in total. The standard InChI is InChI=1S/C15H13NOS/c1-9(17)16-10-6-7-12-11-4-2-3-5-13(11)15(18)14(12)8-10/h2-8,15,18H,1H3,(H,16,17). The number of carbonyl (C=O) groups is 1. The van der Waals surface area contributed by atoms with Gasteiger partial charge in [-0.25, -0.2) is 0 Å². The molecule has 0 saturated heterocycles. The summed E-state index contributed by atoms with van der Waals surface area (Å²) in [5, 5.41) is 2.90. The summed E-state index contributed by atoms with van der Waals surface area (Å²) >= 11 is 4.68. The molecule has 1 aliphatic carbocycles. The third-order valence-electron chi connectivity index (χ3n) is 3.21. The first-order valence-electron chi connectivity index (χ1n) is 5.86. The van der Waals surface area contributed by atoms with E-state index < -0.39 is 0 Å². The van der Waals surface area contributed by atoms with Crippen molar-refractivity contribution in [1.82, 2.24) is 0 Å². The molecule has 2 aromatic carbocycles. The van der Waals surface area contributed by atoms with E-state index in [9.17, 15) is 4.79 Å². The van der Waals surface area contributed by atoms with Crippen molar-refractivity contribution in [3.8, 4) is 11.1 Å². The maximum atomic E-state index is 11.1. The van der Waals surface area contributed by atoms with Crippen LogP contribution in [0.5, 0.6) is 0 Å². The number of carbonyl (C=O) groups excluding carboxylic acids is 1. The highest BCUT2D eigenvalue weighted by atomic mass is 32.1. The number of hydrogen-bond acceptors (Lipinski definition) is 2. The van der Waals surface area contributed by atoms with Gasteiger partial charge in [-0.3, -0.25) is 4.79 Å². The predicted octanol–water partition coefficient (Wildman–Crippen LogP) is 3.64. The van der Waals surface area contributed by atoms with Crippen molar-refractivity contribution in [3.63, 3.8) is 0 Å². The number of thiol groups is 1. The van der Waals surface area contributed by atoms with Crippen molar-refractivity contribution in [2.75, 3.05) is 5.32 Å². The molecule has 0 radical (unpaired) electrons. The van der Waals surface area contributed by atoms with Gasteiger partial charge < -0.3 is 5.32 Å². The van der Waals surface area contributed by atoms with Crippen LogP contribution in [0.4, 0.5) is 5.69 Å². The van der Waals surface area contributed by atoms with E-state index in [1.165, 1.54) is 23.6 Å². The van der Waals surface area contributed by atoms with Gasteiger partial charge in [-0.05, 0) is 34.4 Å². The second-order valence-electron chi connectivity index (χ2n) is 4.47. The number of hydrogen-bond donors (Lipinski definition) is 2. The van der Waals surface area contributed by atoms with Gasteiger partial charge in [0.25, 0.3) is 0 Å². The van der Waals surface area contributed by atoms with Crippen molar-refractivity contribution >= 4 is 24.2 Å². The molecule has 1 atom stereocenters. The number of anilines is 1. The van der Waals surface area contributed by atoms with E-state index in [0.717, 1.165) is 11.3 Å². The minimum Gasteiger partial charge on any atom is -0.326 e. The summed E-state index contributed by atoms with van der Waals surface area (Å²) in [4.78, 5) is 11.1. The van der Waals surface area contributed by atoms with E-state index >= 15 is 0 Å². The van der Waals surface area contributed by atoms with Crippen LogP contribution < -0.4 is 5.32 Å². The first-order chi connectivity index (χ1) is 8.66. The van der Waals surface area contributed by atoms with Gasteiger partial charge in [-0.2, -0.15) is 12.6 Å². The van der Waals surface area contributed by atoms with Gasteiger partial charge in [0.05, 0.1) is 5.25 Å². The van der Waals surface area contributed by atoms with Gasteiger partial charge in [0.1, 0.15) is 0 Å². The average Bonchev–Trinajstić information content (AvgIpc) is 2.63. The van der Waals surface area contributed by atoms with Gasteiger partial charge in [-0.1, -0.05) is 30.3 Å². The third-order valence-corrected chi connectivity index (χ3v) is 3.77. The zero-order valence-electron chi connectivity index (χ0n) is 9.97. The summed E-state index contributed by atoms with van der Waals surface area (Å²) in [5.74, 6) is -0.0545. The summed E-state index contributed by atoms with van der Waals surface area (Å²) in [6.07, 6.45) is 0. The molecular formula is C15H13NOS. The van der Waals surface area contributed by atoms with E-state index in [0.29, 0.717) is 0 Å². The van der Waals surface area contributed by atoms with E-state index in [1.807, 2.05) is 24.3 Å². The Bertz CT molecular complexity index is 636.